The average Bonchev–Trinajstić information content (AvgIpc) is 3.47. The third-order valence-electron chi connectivity index (χ3n) is 15.5. The minimum absolute atomic E-state index is 0.0306. The number of rotatable bonds is 63. The highest BCUT2D eigenvalue weighted by atomic mass is 31.2. The molecular weight excluding hydrogens is 1050 g/mol. The highest BCUT2D eigenvalue weighted by Crippen LogP contribution is 2.43. The standard InChI is InChI=1S/C73H133N2O7P/c1-7-10-13-16-19-22-25-28-30-32-33-34-35-36-37-38-39-40-41-43-44-47-50-53-56-59-62-65-72(76)74-70(69-81-83(78,79)80-68-67-75(4,5)6)71(64-61-58-55-52-49-46-27-24-21-18-15-12-9-3)82-73(77)66-63-60-57-54-51-48-45-42-31-29-26-23-20-17-14-11-8-2/h11,14,17,20,23,26,29,31,42,45,48,51,61,64,70-71H,7-10,12-13,15-16,18-19,21-22,24-25,27-28,30,32-41,43-44,46-47,49-50,52-60,62-63,65-69H2,1-6H3,(H-,74,76,78,79)/p+1/b14-11-,20-17+,26-23+,31-29-,45-42+,51-48+,64-61-. The van der Waals surface area contributed by atoms with Crippen molar-refractivity contribution >= 4 is 19.7 Å². The molecule has 1 amide bonds. The Balaban J connectivity index is 5.09. The largest absolute Gasteiger partial charge is 0.472 e. The van der Waals surface area contributed by atoms with Gasteiger partial charge in [0.2, 0.25) is 5.91 Å². The fourth-order valence-corrected chi connectivity index (χ4v) is 10.9. The van der Waals surface area contributed by atoms with Crippen LogP contribution < -0.4 is 5.32 Å². The van der Waals surface area contributed by atoms with Gasteiger partial charge < -0.3 is 19.4 Å². The molecule has 0 aromatic heterocycles. The van der Waals surface area contributed by atoms with Crippen LogP contribution in [-0.4, -0.2) is 74.3 Å². The summed E-state index contributed by atoms with van der Waals surface area (Å²) in [4.78, 5) is 37.8. The van der Waals surface area contributed by atoms with Crippen molar-refractivity contribution in [3.8, 4) is 0 Å². The quantitative estimate of drug-likeness (QED) is 0.0156. The maximum absolute atomic E-state index is 13.6. The number of allylic oxidation sites excluding steroid dienone is 13. The first-order chi connectivity index (χ1) is 40.4. The first kappa shape index (κ1) is 80.2. The number of nitrogens with one attached hydrogen (secondary N) is 1. The third-order valence-corrected chi connectivity index (χ3v) is 16.5. The summed E-state index contributed by atoms with van der Waals surface area (Å²) in [5.74, 6) is -0.547. The highest BCUT2D eigenvalue weighted by Gasteiger charge is 2.30. The zero-order chi connectivity index (χ0) is 60.7. The number of amides is 1. The Morgan fingerprint density at radius 1 is 0.434 bits per heavy atom. The summed E-state index contributed by atoms with van der Waals surface area (Å²) in [6.45, 7) is 6.87. The molecule has 0 saturated heterocycles. The van der Waals surface area contributed by atoms with Crippen molar-refractivity contribution in [3.63, 3.8) is 0 Å². The summed E-state index contributed by atoms with van der Waals surface area (Å²) in [6.07, 6.45) is 83.2. The predicted molar refractivity (Wildman–Crippen MR) is 360 cm³/mol. The first-order valence-electron chi connectivity index (χ1n) is 35.0. The van der Waals surface area contributed by atoms with E-state index in [0.717, 1.165) is 64.2 Å². The Morgan fingerprint density at radius 3 is 1.17 bits per heavy atom. The topological polar surface area (TPSA) is 111 Å². The molecule has 0 saturated carbocycles. The van der Waals surface area contributed by atoms with E-state index < -0.39 is 20.0 Å². The van der Waals surface area contributed by atoms with E-state index in [-0.39, 0.29) is 31.5 Å². The second-order valence-corrected chi connectivity index (χ2v) is 26.3. The maximum Gasteiger partial charge on any atom is 0.472 e. The Labute approximate surface area is 514 Å². The van der Waals surface area contributed by atoms with E-state index in [1.54, 1.807) is 0 Å². The first-order valence-corrected chi connectivity index (χ1v) is 36.5. The summed E-state index contributed by atoms with van der Waals surface area (Å²) in [5, 5.41) is 3.06. The molecule has 9 nitrogen and oxygen atoms in total. The molecular formula is C73H134N2O7P+. The van der Waals surface area contributed by atoms with Crippen molar-refractivity contribution in [3.05, 3.63) is 85.1 Å². The summed E-state index contributed by atoms with van der Waals surface area (Å²) in [7, 11) is 1.47. The number of carbonyl (C=O) groups is 2. The lowest BCUT2D eigenvalue weighted by Crippen LogP contribution is -2.47. The number of esters is 1. The second-order valence-electron chi connectivity index (χ2n) is 24.8. The van der Waals surface area contributed by atoms with Crippen molar-refractivity contribution in [2.75, 3.05) is 40.9 Å². The minimum atomic E-state index is -4.47. The SMILES string of the molecule is CC\C=C/C=C/C=C/C=C\C=C\C=C\CCCCCC(=O)OC(/C=C\CCCCCCCCCCCCC)C(COP(=O)(O)OCC[N+](C)(C)C)NC(=O)CCCCCCCCCCCCCCCCCCCCCCCCCCCCC. The van der Waals surface area contributed by atoms with Crippen LogP contribution >= 0.6 is 7.82 Å². The van der Waals surface area contributed by atoms with Crippen LogP contribution in [0.25, 0.3) is 0 Å². The van der Waals surface area contributed by atoms with Gasteiger partial charge in [-0.3, -0.25) is 18.6 Å². The van der Waals surface area contributed by atoms with Crippen molar-refractivity contribution in [2.45, 2.75) is 328 Å². The molecule has 0 radical (unpaired) electrons. The van der Waals surface area contributed by atoms with Gasteiger partial charge in [0.15, 0.2) is 0 Å². The van der Waals surface area contributed by atoms with E-state index in [1.807, 2.05) is 94.1 Å². The van der Waals surface area contributed by atoms with Crippen molar-refractivity contribution in [1.29, 1.82) is 0 Å². The van der Waals surface area contributed by atoms with Gasteiger partial charge in [0.05, 0.1) is 33.8 Å². The molecule has 0 bridgehead atoms. The van der Waals surface area contributed by atoms with Crippen LogP contribution in [0.15, 0.2) is 85.1 Å². The van der Waals surface area contributed by atoms with E-state index in [1.165, 1.54) is 212 Å². The molecule has 0 aromatic rings. The monoisotopic (exact) mass is 1180 g/mol. The summed E-state index contributed by atoms with van der Waals surface area (Å²) in [6, 6.07) is -0.870. The van der Waals surface area contributed by atoms with Gasteiger partial charge in [0, 0.05) is 12.8 Å². The molecule has 0 aliphatic heterocycles. The molecule has 0 rings (SSSR count). The van der Waals surface area contributed by atoms with Crippen LogP contribution in [0.3, 0.4) is 0 Å². The number of phosphoric ester groups is 1. The number of carbonyl (C=O) groups excluding carboxylic acids is 2. The molecule has 0 heterocycles. The number of hydrogen-bond acceptors (Lipinski definition) is 6. The number of ether oxygens (including phenoxy) is 1. The number of nitrogens with zero attached hydrogens (tertiary/aromatic N) is 1. The smallest absolute Gasteiger partial charge is 0.456 e. The van der Waals surface area contributed by atoms with Gasteiger partial charge >= 0.3 is 13.8 Å². The number of quaternary nitrogens is 1. The summed E-state index contributed by atoms with van der Waals surface area (Å²) < 4.78 is 30.8. The zero-order valence-electron chi connectivity index (χ0n) is 55.2. The van der Waals surface area contributed by atoms with E-state index in [0.29, 0.717) is 23.9 Å². The maximum atomic E-state index is 13.6. The number of likely N-dealkylation sites (N-methyl/N-ethyl adjacent to an activating group) is 1. The molecule has 3 unspecified atom stereocenters. The molecule has 0 aliphatic rings. The molecule has 0 aromatic carbocycles. The lowest BCUT2D eigenvalue weighted by Gasteiger charge is -2.27. The summed E-state index contributed by atoms with van der Waals surface area (Å²) in [5.41, 5.74) is 0. The highest BCUT2D eigenvalue weighted by molar-refractivity contribution is 7.47. The number of hydrogen-bond donors (Lipinski definition) is 2. The molecule has 3 atom stereocenters. The number of unbranched alkanes of at least 4 members (excludes halogenated alkanes) is 40. The van der Waals surface area contributed by atoms with Gasteiger partial charge in [-0.25, -0.2) is 4.57 Å². The fourth-order valence-electron chi connectivity index (χ4n) is 10.2. The lowest BCUT2D eigenvalue weighted by atomic mass is 10.0. The number of phosphoric acid groups is 1. The van der Waals surface area contributed by atoms with Gasteiger partial charge in [-0.15, -0.1) is 0 Å². The van der Waals surface area contributed by atoms with Crippen LogP contribution in [0, 0.1) is 0 Å². The van der Waals surface area contributed by atoms with Crippen LogP contribution in [0.5, 0.6) is 0 Å². The molecule has 482 valence electrons. The average molecular weight is 1180 g/mol. The Kier molecular flexibility index (Phi) is 60.1. The van der Waals surface area contributed by atoms with Crippen LogP contribution in [0.2, 0.25) is 0 Å². The normalized spacial score (nSPS) is 14.1. The summed E-state index contributed by atoms with van der Waals surface area (Å²) >= 11 is 0. The van der Waals surface area contributed by atoms with Crippen LogP contribution in [-0.2, 0) is 27.9 Å². The molecule has 10 heteroatoms. The molecule has 2 N–H and O–H groups in total. The third kappa shape index (κ3) is 63.5. The van der Waals surface area contributed by atoms with Crippen molar-refractivity contribution in [1.82, 2.24) is 5.32 Å². The second kappa shape index (κ2) is 62.2. The van der Waals surface area contributed by atoms with Crippen LogP contribution in [0.4, 0.5) is 0 Å². The van der Waals surface area contributed by atoms with Crippen molar-refractivity contribution in [2.24, 2.45) is 0 Å². The van der Waals surface area contributed by atoms with Gasteiger partial charge in [-0.2, -0.15) is 0 Å². The van der Waals surface area contributed by atoms with Crippen LogP contribution in [0.1, 0.15) is 316 Å². The van der Waals surface area contributed by atoms with E-state index in [9.17, 15) is 19.0 Å². The lowest BCUT2D eigenvalue weighted by molar-refractivity contribution is -0.870. The molecule has 0 fully saturated rings. The molecule has 83 heavy (non-hydrogen) atoms. The van der Waals surface area contributed by atoms with Crippen molar-refractivity contribution < 1.29 is 37.3 Å². The van der Waals surface area contributed by atoms with E-state index >= 15 is 0 Å². The molecule has 0 aliphatic carbocycles. The van der Waals surface area contributed by atoms with Gasteiger partial charge in [-0.1, -0.05) is 337 Å². The van der Waals surface area contributed by atoms with E-state index in [4.69, 9.17) is 13.8 Å². The van der Waals surface area contributed by atoms with Gasteiger partial charge in [0.25, 0.3) is 0 Å². The zero-order valence-corrected chi connectivity index (χ0v) is 56.1. The fraction of sp³-hybridized carbons (Fsp3) is 0.781. The van der Waals surface area contributed by atoms with Gasteiger partial charge in [-0.05, 0) is 51.0 Å². The Hall–Kier alpha value is -2.81. The predicted octanol–water partition coefficient (Wildman–Crippen LogP) is 22.1. The Morgan fingerprint density at radius 2 is 0.771 bits per heavy atom. The van der Waals surface area contributed by atoms with Gasteiger partial charge in [0.1, 0.15) is 19.3 Å². The van der Waals surface area contributed by atoms with E-state index in [2.05, 4.69) is 38.2 Å². The molecule has 0 spiro atoms. The Bertz CT molecular complexity index is 1700. The minimum Gasteiger partial charge on any atom is -0.456 e.